The molecule has 0 fully saturated rings. The van der Waals surface area contributed by atoms with Crippen LogP contribution in [-0.2, 0) is 19.8 Å². The molecule has 0 bridgehead atoms. The second-order valence-corrected chi connectivity index (χ2v) is 16.6. The van der Waals surface area contributed by atoms with Gasteiger partial charge in [0, 0.05) is 0 Å². The number of benzene rings is 3. The van der Waals surface area contributed by atoms with E-state index in [4.69, 9.17) is 4.21 Å². The van der Waals surface area contributed by atoms with Gasteiger partial charge in [-0.15, -0.1) is 0 Å². The molecule has 0 amide bonds. The van der Waals surface area contributed by atoms with Crippen molar-refractivity contribution in [1.82, 2.24) is 0 Å². The van der Waals surface area contributed by atoms with Crippen LogP contribution < -0.4 is 28.1 Å². The van der Waals surface area contributed by atoms with Gasteiger partial charge >= 0.3 is 164 Å². The summed E-state index contributed by atoms with van der Waals surface area (Å²) in [6.07, 6.45) is 7.62. The van der Waals surface area contributed by atoms with Crippen LogP contribution in [0.5, 0.6) is 0 Å². The average molecular weight is 502 g/mol. The van der Waals surface area contributed by atoms with Gasteiger partial charge in [0.25, 0.3) is 0 Å². The molecule has 0 radical (unpaired) electrons. The van der Waals surface area contributed by atoms with Gasteiger partial charge in [-0.25, -0.2) is 0 Å². The van der Waals surface area contributed by atoms with Crippen molar-refractivity contribution in [2.75, 3.05) is 0 Å². The molecule has 2 aliphatic carbocycles. The summed E-state index contributed by atoms with van der Waals surface area (Å²) in [7, 11) is 0. The molecule has 0 nitrogen and oxygen atoms in total. The molecule has 1 unspecified atom stereocenters. The molecule has 4 heteroatoms. The van der Waals surface area contributed by atoms with E-state index in [0.29, 0.717) is 3.63 Å². The topological polar surface area (TPSA) is 0 Å². The summed E-state index contributed by atoms with van der Waals surface area (Å²) in [4.78, 5) is 0. The first-order chi connectivity index (χ1) is 13.2. The fourth-order valence-electron chi connectivity index (χ4n) is 4.75. The zero-order chi connectivity index (χ0) is 18.4. The van der Waals surface area contributed by atoms with Crippen LogP contribution in [0.2, 0.25) is 0 Å². The van der Waals surface area contributed by atoms with Gasteiger partial charge in [0.05, 0.1) is 0 Å². The predicted octanol–water partition coefficient (Wildman–Crippen LogP) is -0.341. The van der Waals surface area contributed by atoms with E-state index in [1.807, 2.05) is 12.1 Å². The zero-order valence-electron chi connectivity index (χ0n) is 15.8. The maximum Gasteiger partial charge on any atom is -1.00 e. The molecule has 0 aliphatic heterocycles. The first kappa shape index (κ1) is 22.1. The Balaban J connectivity index is 0.00000120. The summed E-state index contributed by atoms with van der Waals surface area (Å²) in [5.41, 5.74) is 5.44. The Morgan fingerprint density at radius 2 is 1.34 bits per heavy atom. The first-order valence-corrected chi connectivity index (χ1v) is 15.0. The molecule has 0 saturated heterocycles. The molecule has 5 rings (SSSR count). The average Bonchev–Trinajstić information content (AvgIpc) is 3.35. The molecule has 3 aromatic rings. The molecular weight excluding hydrogens is 481 g/mol. The van der Waals surface area contributed by atoms with Crippen LogP contribution in [0.3, 0.4) is 0 Å². The van der Waals surface area contributed by atoms with Crippen molar-refractivity contribution < 1.29 is 49.0 Å². The summed E-state index contributed by atoms with van der Waals surface area (Å²) in [5, 5.41) is 0. The van der Waals surface area contributed by atoms with Crippen LogP contribution in [0.25, 0.3) is 11.1 Å². The van der Waals surface area contributed by atoms with E-state index in [1.165, 1.54) is 28.8 Å². The number of hydrogen-bond donors (Lipinski definition) is 0. The fourth-order valence-corrected chi connectivity index (χ4v) is 15.3. The fraction of sp³-hybridized carbons (Fsp3) is 0.0800. The Bertz CT molecular complexity index is 1100. The standard InChI is InChI=1S/C13H9.C6H4F.C5H5.CH2.2ClH.Zr/c1-3-7-12-10(5-1)9-11-6-2-4-8-13(11)12;7-6-4-2-1-3-5-6;1-2-4-5-3-1;;;;/h1-9H;2-5H;1-3H,4H2;1H2;2*1H;/q;;;;;;+2/p-2. The van der Waals surface area contributed by atoms with Gasteiger partial charge < -0.3 is 24.8 Å². The van der Waals surface area contributed by atoms with E-state index < -0.39 is 19.8 Å². The van der Waals surface area contributed by atoms with E-state index >= 15 is 0 Å². The second-order valence-electron chi connectivity index (χ2n) is 7.41. The minimum absolute atomic E-state index is 0. The molecule has 0 aromatic heterocycles. The van der Waals surface area contributed by atoms with E-state index in [-0.39, 0.29) is 30.6 Å². The molecule has 145 valence electrons. The Morgan fingerprint density at radius 3 is 1.86 bits per heavy atom. The molecule has 0 heterocycles. The van der Waals surface area contributed by atoms with Gasteiger partial charge in [-0.3, -0.25) is 0 Å². The summed E-state index contributed by atoms with van der Waals surface area (Å²) >= 11 is -3.38. The third-order valence-electron chi connectivity index (χ3n) is 6.03. The van der Waals surface area contributed by atoms with Crippen LogP contribution in [0.1, 0.15) is 21.2 Å². The van der Waals surface area contributed by atoms with Crippen LogP contribution in [0.4, 0.5) is 4.39 Å². The van der Waals surface area contributed by atoms with Crippen molar-refractivity contribution in [1.29, 1.82) is 0 Å². The van der Waals surface area contributed by atoms with Gasteiger partial charge in [-0.1, -0.05) is 0 Å². The molecule has 0 N–H and O–H groups in total. The van der Waals surface area contributed by atoms with Gasteiger partial charge in [0.15, 0.2) is 0 Å². The van der Waals surface area contributed by atoms with Crippen LogP contribution in [-0.4, -0.2) is 4.21 Å². The minimum Gasteiger partial charge on any atom is -1.00 e. The Morgan fingerprint density at radius 1 is 0.793 bits per heavy atom. The first-order valence-electron chi connectivity index (χ1n) is 9.35. The predicted molar refractivity (Wildman–Crippen MR) is 109 cm³/mol. The summed E-state index contributed by atoms with van der Waals surface area (Å²) in [5.74, 6) is -0.182. The number of halogens is 3. The summed E-state index contributed by atoms with van der Waals surface area (Å²) in [6, 6.07) is 24.7. The van der Waals surface area contributed by atoms with Gasteiger partial charge in [0.2, 0.25) is 0 Å². The third-order valence-corrected chi connectivity index (χ3v) is 17.1. The molecular formula is C25H20Cl2FZr. The molecule has 29 heavy (non-hydrogen) atoms. The molecule has 0 spiro atoms. The van der Waals surface area contributed by atoms with Gasteiger partial charge in [0.1, 0.15) is 0 Å². The van der Waals surface area contributed by atoms with E-state index in [9.17, 15) is 4.39 Å². The molecule has 2 aliphatic rings. The van der Waals surface area contributed by atoms with Crippen LogP contribution >= 0.6 is 0 Å². The van der Waals surface area contributed by atoms with Crippen LogP contribution in [0.15, 0.2) is 94.3 Å². The van der Waals surface area contributed by atoms with E-state index in [1.54, 1.807) is 12.1 Å². The maximum atomic E-state index is 13.7. The molecule has 1 atom stereocenters. The van der Waals surface area contributed by atoms with Crippen molar-refractivity contribution in [2.45, 2.75) is 10.0 Å². The smallest absolute Gasteiger partial charge is 1.00 e. The quantitative estimate of drug-likeness (QED) is 0.461. The zero-order valence-corrected chi connectivity index (χ0v) is 19.8. The van der Waals surface area contributed by atoms with Gasteiger partial charge in [-0.05, 0) is 0 Å². The van der Waals surface area contributed by atoms with Crippen molar-refractivity contribution in [3.8, 4) is 11.1 Å². The monoisotopic (exact) mass is 499 g/mol. The van der Waals surface area contributed by atoms with Crippen molar-refractivity contribution >= 4 is 7.48 Å². The van der Waals surface area contributed by atoms with Crippen molar-refractivity contribution in [2.24, 2.45) is 0 Å². The van der Waals surface area contributed by atoms with E-state index in [0.717, 1.165) is 6.42 Å². The van der Waals surface area contributed by atoms with Crippen LogP contribution in [0, 0.1) is 5.82 Å². The largest absolute Gasteiger partial charge is 1.00 e. The SMILES string of the molecule is [CH2]=[Zr+2]([C]1=CC=CC1)([c]1ccc(F)cc1)[CH]1c2ccccc2-c2ccccc21.[Cl-].[Cl-]. The Labute approximate surface area is 187 Å². The van der Waals surface area contributed by atoms with Crippen molar-refractivity contribution in [3.05, 3.63) is 111 Å². The van der Waals surface area contributed by atoms with Crippen molar-refractivity contribution in [3.63, 3.8) is 0 Å². The third kappa shape index (κ3) is 3.46. The number of rotatable bonds is 3. The minimum atomic E-state index is -3.38. The number of fused-ring (bicyclic) bond motifs is 3. The summed E-state index contributed by atoms with van der Waals surface area (Å²) in [6.45, 7) is 0. The molecule has 3 aromatic carbocycles. The normalized spacial score (nSPS) is 15.0. The van der Waals surface area contributed by atoms with E-state index in [2.05, 4.69) is 66.8 Å². The Hall–Kier alpha value is -1.60. The molecule has 0 saturated carbocycles. The number of allylic oxidation sites excluding steroid dienone is 4. The maximum absolute atomic E-state index is 13.7. The Kier molecular flexibility index (Phi) is 6.58. The van der Waals surface area contributed by atoms with Gasteiger partial charge in [-0.2, -0.15) is 0 Å². The summed E-state index contributed by atoms with van der Waals surface area (Å²) < 4.78 is 21.7. The number of hydrogen-bond acceptors (Lipinski definition) is 0. The second kappa shape index (κ2) is 8.64.